The molecular weight excluding hydrogens is 487 g/mol. The molecule has 0 spiro atoms. The van der Waals surface area contributed by atoms with Crippen LogP contribution in [0.1, 0.15) is 36.2 Å². The number of halogens is 3. The number of pyridine rings is 1. The third-order valence-corrected chi connectivity index (χ3v) is 6.55. The van der Waals surface area contributed by atoms with Gasteiger partial charge in [0.05, 0.1) is 23.0 Å². The van der Waals surface area contributed by atoms with Crippen LogP contribution in [0, 0.1) is 0 Å². The second-order valence-electron chi connectivity index (χ2n) is 9.20. The number of alkyl halides is 3. The third kappa shape index (κ3) is 5.47. The van der Waals surface area contributed by atoms with E-state index in [0.29, 0.717) is 23.2 Å². The third-order valence-electron chi connectivity index (χ3n) is 6.55. The van der Waals surface area contributed by atoms with Crippen molar-refractivity contribution in [2.45, 2.75) is 32.0 Å². The molecule has 0 bridgehead atoms. The molecule has 192 valence electrons. The number of hydrogen-bond donors (Lipinski definition) is 1. The number of hydrogen-bond acceptors (Lipinski definition) is 2. The molecule has 0 aliphatic heterocycles. The van der Waals surface area contributed by atoms with E-state index in [-0.39, 0.29) is 18.4 Å². The van der Waals surface area contributed by atoms with Crippen molar-refractivity contribution in [1.82, 2.24) is 14.7 Å². The van der Waals surface area contributed by atoms with Gasteiger partial charge in [0.1, 0.15) is 5.65 Å². The van der Waals surface area contributed by atoms with E-state index in [1.54, 1.807) is 24.4 Å². The Kier molecular flexibility index (Phi) is 7.01. The van der Waals surface area contributed by atoms with E-state index in [1.807, 2.05) is 72.0 Å². The lowest BCUT2D eigenvalue weighted by Gasteiger charge is -2.14. The molecule has 38 heavy (non-hydrogen) atoms. The molecule has 1 unspecified atom stereocenters. The van der Waals surface area contributed by atoms with Crippen LogP contribution in [0.25, 0.3) is 28.0 Å². The number of fused-ring (bicyclic) bond motifs is 1. The van der Waals surface area contributed by atoms with E-state index in [1.165, 1.54) is 6.07 Å². The monoisotopic (exact) mass is 513 g/mol. The molecule has 0 saturated heterocycles. The zero-order chi connectivity index (χ0) is 26.7. The Morgan fingerprint density at radius 1 is 0.868 bits per heavy atom. The molecule has 5 aromatic rings. The van der Waals surface area contributed by atoms with Gasteiger partial charge in [-0.15, -0.1) is 0 Å². The number of aromatic nitrogens is 2. The van der Waals surface area contributed by atoms with Crippen molar-refractivity contribution in [3.63, 3.8) is 0 Å². The highest BCUT2D eigenvalue weighted by Gasteiger charge is 2.30. The van der Waals surface area contributed by atoms with Gasteiger partial charge in [-0.25, -0.2) is 4.98 Å². The quantitative estimate of drug-likeness (QED) is 0.245. The summed E-state index contributed by atoms with van der Waals surface area (Å²) in [7, 11) is 0. The van der Waals surface area contributed by atoms with Crippen LogP contribution in [0.15, 0.2) is 103 Å². The first-order chi connectivity index (χ1) is 18.3. The summed E-state index contributed by atoms with van der Waals surface area (Å²) in [6.07, 6.45) is -1.99. The molecule has 0 radical (unpaired) electrons. The number of imidazole rings is 1. The summed E-state index contributed by atoms with van der Waals surface area (Å²) >= 11 is 0. The SMILES string of the molecule is CC(NC(=O)CCc1c(-c2ccccc2)nc2ccc(-c3cccc(C(F)(F)F)c3)cn12)c1ccccc1. The van der Waals surface area contributed by atoms with Crippen LogP contribution in [0.2, 0.25) is 0 Å². The average molecular weight is 514 g/mol. The molecular formula is C31H26F3N3O. The van der Waals surface area contributed by atoms with Gasteiger partial charge in [-0.2, -0.15) is 13.2 Å². The molecule has 0 aliphatic carbocycles. The van der Waals surface area contributed by atoms with Gasteiger partial charge in [-0.1, -0.05) is 72.8 Å². The molecule has 1 amide bonds. The van der Waals surface area contributed by atoms with Crippen molar-refractivity contribution in [3.8, 4) is 22.4 Å². The van der Waals surface area contributed by atoms with Crippen molar-refractivity contribution >= 4 is 11.6 Å². The fraction of sp³-hybridized carbons (Fsp3) is 0.161. The molecule has 4 nitrogen and oxygen atoms in total. The maximum absolute atomic E-state index is 13.3. The number of benzene rings is 3. The lowest BCUT2D eigenvalue weighted by molar-refractivity contribution is -0.137. The van der Waals surface area contributed by atoms with Gasteiger partial charge in [0.15, 0.2) is 0 Å². The zero-order valence-electron chi connectivity index (χ0n) is 20.7. The Morgan fingerprint density at radius 2 is 1.55 bits per heavy atom. The van der Waals surface area contributed by atoms with Crippen LogP contribution in [-0.4, -0.2) is 15.3 Å². The Balaban J connectivity index is 1.48. The average Bonchev–Trinajstić information content (AvgIpc) is 3.30. The van der Waals surface area contributed by atoms with E-state index >= 15 is 0 Å². The van der Waals surface area contributed by atoms with Crippen molar-refractivity contribution in [2.75, 3.05) is 0 Å². The molecule has 2 heterocycles. The first-order valence-corrected chi connectivity index (χ1v) is 12.4. The van der Waals surface area contributed by atoms with Crippen LogP contribution in [0.4, 0.5) is 13.2 Å². The van der Waals surface area contributed by atoms with Crippen LogP contribution in [0.5, 0.6) is 0 Å². The van der Waals surface area contributed by atoms with Gasteiger partial charge >= 0.3 is 6.18 Å². The van der Waals surface area contributed by atoms with Crippen molar-refractivity contribution in [2.24, 2.45) is 0 Å². The summed E-state index contributed by atoms with van der Waals surface area (Å²) in [5, 5.41) is 3.05. The summed E-state index contributed by atoms with van der Waals surface area (Å²) in [6.45, 7) is 1.94. The Bertz CT molecular complexity index is 1560. The second-order valence-corrected chi connectivity index (χ2v) is 9.20. The van der Waals surface area contributed by atoms with Crippen molar-refractivity contribution < 1.29 is 18.0 Å². The van der Waals surface area contributed by atoms with Gasteiger partial charge in [0.2, 0.25) is 5.91 Å². The van der Waals surface area contributed by atoms with Crippen molar-refractivity contribution in [1.29, 1.82) is 0 Å². The highest BCUT2D eigenvalue weighted by molar-refractivity contribution is 5.77. The van der Waals surface area contributed by atoms with Gasteiger partial charge in [-0.05, 0) is 54.3 Å². The summed E-state index contributed by atoms with van der Waals surface area (Å²) in [5.74, 6) is -0.0932. The van der Waals surface area contributed by atoms with E-state index < -0.39 is 11.7 Å². The van der Waals surface area contributed by atoms with Gasteiger partial charge in [-0.3, -0.25) is 4.79 Å². The molecule has 1 N–H and O–H groups in total. The van der Waals surface area contributed by atoms with E-state index in [0.717, 1.165) is 34.6 Å². The minimum Gasteiger partial charge on any atom is -0.350 e. The predicted octanol–water partition coefficient (Wildman–Crippen LogP) is 7.50. The molecule has 2 aromatic heterocycles. The molecule has 7 heteroatoms. The molecule has 0 fully saturated rings. The molecule has 0 saturated carbocycles. The minimum atomic E-state index is -4.43. The fourth-order valence-electron chi connectivity index (χ4n) is 4.58. The summed E-state index contributed by atoms with van der Waals surface area (Å²) < 4.78 is 41.8. The van der Waals surface area contributed by atoms with Crippen LogP contribution < -0.4 is 5.32 Å². The molecule has 0 aliphatic rings. The zero-order valence-corrected chi connectivity index (χ0v) is 20.7. The summed E-state index contributed by atoms with van der Waals surface area (Å²) in [6, 6.07) is 28.1. The molecule has 3 aromatic carbocycles. The Labute approximate surface area is 218 Å². The van der Waals surface area contributed by atoms with E-state index in [2.05, 4.69) is 5.32 Å². The van der Waals surface area contributed by atoms with Gasteiger partial charge in [0.25, 0.3) is 0 Å². The van der Waals surface area contributed by atoms with E-state index in [4.69, 9.17) is 4.98 Å². The van der Waals surface area contributed by atoms with Crippen molar-refractivity contribution in [3.05, 3.63) is 120 Å². The largest absolute Gasteiger partial charge is 0.416 e. The lowest BCUT2D eigenvalue weighted by atomic mass is 10.0. The van der Waals surface area contributed by atoms with Crippen LogP contribution in [0.3, 0.4) is 0 Å². The standard InChI is InChI=1S/C31H26F3N3O/c1-21(22-9-4-2-5-10-22)35-29(38)18-16-27-30(23-11-6-3-7-12-23)36-28-17-15-25(20-37(27)28)24-13-8-14-26(19-24)31(32,33)34/h2-15,17,19-21H,16,18H2,1H3,(H,35,38). The minimum absolute atomic E-state index is 0.0932. The smallest absolute Gasteiger partial charge is 0.350 e. The summed E-state index contributed by atoms with van der Waals surface area (Å²) in [4.78, 5) is 17.7. The van der Waals surface area contributed by atoms with Crippen LogP contribution >= 0.6 is 0 Å². The maximum Gasteiger partial charge on any atom is 0.416 e. The fourth-order valence-corrected chi connectivity index (χ4v) is 4.58. The number of rotatable bonds is 7. The lowest BCUT2D eigenvalue weighted by Crippen LogP contribution is -2.26. The number of nitrogens with zero attached hydrogens (tertiary/aromatic N) is 2. The topological polar surface area (TPSA) is 46.4 Å². The Hall–Kier alpha value is -4.39. The number of aryl methyl sites for hydroxylation is 1. The second kappa shape index (κ2) is 10.5. The maximum atomic E-state index is 13.3. The van der Waals surface area contributed by atoms with E-state index in [9.17, 15) is 18.0 Å². The first-order valence-electron chi connectivity index (χ1n) is 12.4. The van der Waals surface area contributed by atoms with Gasteiger partial charge in [0, 0.05) is 18.2 Å². The number of nitrogens with one attached hydrogen (secondary N) is 1. The number of amides is 1. The number of carbonyl (C=O) groups is 1. The normalized spacial score (nSPS) is 12.4. The van der Waals surface area contributed by atoms with Crippen LogP contribution in [-0.2, 0) is 17.4 Å². The Morgan fingerprint density at radius 3 is 2.26 bits per heavy atom. The number of carbonyl (C=O) groups excluding carboxylic acids is 1. The first kappa shape index (κ1) is 25.3. The molecule has 1 atom stereocenters. The highest BCUT2D eigenvalue weighted by Crippen LogP contribution is 2.33. The predicted molar refractivity (Wildman–Crippen MR) is 142 cm³/mol. The highest BCUT2D eigenvalue weighted by atomic mass is 19.4. The molecule has 5 rings (SSSR count). The van der Waals surface area contributed by atoms with Gasteiger partial charge < -0.3 is 9.72 Å². The summed E-state index contributed by atoms with van der Waals surface area (Å²) in [5.41, 5.74) is 4.54.